The third kappa shape index (κ3) is 6.12. The number of esters is 1. The van der Waals surface area contributed by atoms with E-state index in [0.717, 1.165) is 6.54 Å². The van der Waals surface area contributed by atoms with Crippen molar-refractivity contribution >= 4 is 5.97 Å². The van der Waals surface area contributed by atoms with Gasteiger partial charge in [-0.15, -0.1) is 0 Å². The monoisotopic (exact) mass is 175 g/mol. The second-order valence-electron chi connectivity index (χ2n) is 2.81. The van der Waals surface area contributed by atoms with Crippen LogP contribution in [0.15, 0.2) is 0 Å². The molecule has 1 atom stereocenters. The van der Waals surface area contributed by atoms with Crippen molar-refractivity contribution in [2.45, 2.75) is 20.0 Å². The van der Waals surface area contributed by atoms with E-state index in [9.17, 15) is 9.90 Å². The van der Waals surface area contributed by atoms with E-state index >= 15 is 0 Å². The molecule has 0 fully saturated rings. The van der Waals surface area contributed by atoms with Crippen molar-refractivity contribution in [3.05, 3.63) is 0 Å². The second kappa shape index (κ2) is 5.97. The van der Waals surface area contributed by atoms with Crippen molar-refractivity contribution in [1.29, 1.82) is 0 Å². The predicted octanol–water partition coefficient (Wildman–Crippen LogP) is -0.138. The Bertz CT molecular complexity index is 138. The van der Waals surface area contributed by atoms with Crippen LogP contribution in [0.5, 0.6) is 0 Å². The Morgan fingerprint density at radius 3 is 2.67 bits per heavy atom. The normalized spacial score (nSPS) is 13.1. The number of aliphatic hydroxyl groups excluding tert-OH is 1. The highest BCUT2D eigenvalue weighted by Gasteiger charge is 2.07. The number of aliphatic hydroxyl groups is 1. The first-order valence-electron chi connectivity index (χ1n) is 4.06. The van der Waals surface area contributed by atoms with Gasteiger partial charge in [0.2, 0.25) is 0 Å². The summed E-state index contributed by atoms with van der Waals surface area (Å²) >= 11 is 0. The van der Waals surface area contributed by atoms with Gasteiger partial charge in [0.05, 0.1) is 0 Å². The third-order valence-electron chi connectivity index (χ3n) is 1.54. The highest BCUT2D eigenvalue weighted by atomic mass is 16.5. The van der Waals surface area contributed by atoms with Crippen LogP contribution >= 0.6 is 0 Å². The standard InChI is InChI=1S/C8H17NO3/c1-4-9(3)5-8(11)6-12-7(2)10/h8,11H,4-6H2,1-3H3. The van der Waals surface area contributed by atoms with Crippen LogP contribution in [-0.4, -0.2) is 48.8 Å². The van der Waals surface area contributed by atoms with Gasteiger partial charge < -0.3 is 14.7 Å². The van der Waals surface area contributed by atoms with Crippen molar-refractivity contribution in [3.8, 4) is 0 Å². The van der Waals surface area contributed by atoms with E-state index in [1.54, 1.807) is 0 Å². The fourth-order valence-electron chi connectivity index (χ4n) is 0.755. The maximum Gasteiger partial charge on any atom is 0.302 e. The number of ether oxygens (including phenoxy) is 1. The molecular formula is C8H17NO3. The average molecular weight is 175 g/mol. The highest BCUT2D eigenvalue weighted by molar-refractivity contribution is 5.65. The van der Waals surface area contributed by atoms with Gasteiger partial charge in [0.25, 0.3) is 0 Å². The van der Waals surface area contributed by atoms with Crippen molar-refractivity contribution in [1.82, 2.24) is 4.90 Å². The summed E-state index contributed by atoms with van der Waals surface area (Å²) in [5, 5.41) is 9.28. The SMILES string of the molecule is CCN(C)CC(O)COC(C)=O. The zero-order valence-electron chi connectivity index (χ0n) is 7.91. The summed E-state index contributed by atoms with van der Waals surface area (Å²) in [7, 11) is 1.90. The molecule has 0 spiro atoms. The lowest BCUT2D eigenvalue weighted by Crippen LogP contribution is -2.32. The van der Waals surface area contributed by atoms with Crippen molar-refractivity contribution in [2.75, 3.05) is 26.7 Å². The first-order valence-corrected chi connectivity index (χ1v) is 4.06. The molecule has 1 N–H and O–H groups in total. The lowest BCUT2D eigenvalue weighted by atomic mass is 10.3. The average Bonchev–Trinajstić information content (AvgIpc) is 2.00. The van der Waals surface area contributed by atoms with Crippen LogP contribution in [0.4, 0.5) is 0 Å². The fourth-order valence-corrected chi connectivity index (χ4v) is 0.755. The van der Waals surface area contributed by atoms with Gasteiger partial charge in [0.15, 0.2) is 0 Å². The van der Waals surface area contributed by atoms with Gasteiger partial charge in [0.1, 0.15) is 12.7 Å². The molecule has 72 valence electrons. The Balaban J connectivity index is 3.45. The Morgan fingerprint density at radius 2 is 2.25 bits per heavy atom. The van der Waals surface area contributed by atoms with Gasteiger partial charge in [-0.3, -0.25) is 4.79 Å². The summed E-state index contributed by atoms with van der Waals surface area (Å²) in [5.41, 5.74) is 0. The first kappa shape index (κ1) is 11.4. The Labute approximate surface area is 73.1 Å². The van der Waals surface area contributed by atoms with Gasteiger partial charge in [-0.1, -0.05) is 6.92 Å². The molecule has 0 aromatic heterocycles. The molecule has 0 aliphatic heterocycles. The molecule has 0 rings (SSSR count). The van der Waals surface area contributed by atoms with E-state index in [-0.39, 0.29) is 12.6 Å². The predicted molar refractivity (Wildman–Crippen MR) is 45.8 cm³/mol. The van der Waals surface area contributed by atoms with Gasteiger partial charge in [-0.2, -0.15) is 0 Å². The minimum atomic E-state index is -0.584. The van der Waals surface area contributed by atoms with Crippen molar-refractivity contribution in [3.63, 3.8) is 0 Å². The van der Waals surface area contributed by atoms with E-state index in [2.05, 4.69) is 4.74 Å². The van der Waals surface area contributed by atoms with Gasteiger partial charge in [-0.25, -0.2) is 0 Å². The molecule has 0 saturated carbocycles. The number of carbonyl (C=O) groups is 1. The van der Waals surface area contributed by atoms with Crippen LogP contribution in [0.1, 0.15) is 13.8 Å². The van der Waals surface area contributed by atoms with Gasteiger partial charge in [0, 0.05) is 13.5 Å². The van der Waals surface area contributed by atoms with E-state index in [1.807, 2.05) is 18.9 Å². The molecule has 0 bridgehead atoms. The molecule has 0 amide bonds. The number of nitrogens with zero attached hydrogens (tertiary/aromatic N) is 1. The summed E-state index contributed by atoms with van der Waals surface area (Å²) in [5.74, 6) is -0.354. The molecule has 0 aliphatic rings. The van der Waals surface area contributed by atoms with Crippen molar-refractivity contribution in [2.24, 2.45) is 0 Å². The fraction of sp³-hybridized carbons (Fsp3) is 0.875. The molecule has 0 aromatic carbocycles. The lowest BCUT2D eigenvalue weighted by Gasteiger charge is -2.17. The Hall–Kier alpha value is -0.610. The van der Waals surface area contributed by atoms with Crippen LogP contribution in [-0.2, 0) is 9.53 Å². The molecule has 0 heterocycles. The summed E-state index contributed by atoms with van der Waals surface area (Å²) in [6, 6.07) is 0. The van der Waals surface area contributed by atoms with Crippen LogP contribution in [0.3, 0.4) is 0 Å². The zero-order chi connectivity index (χ0) is 9.56. The number of hydrogen-bond acceptors (Lipinski definition) is 4. The Morgan fingerprint density at radius 1 is 1.67 bits per heavy atom. The summed E-state index contributed by atoms with van der Waals surface area (Å²) < 4.78 is 4.63. The largest absolute Gasteiger partial charge is 0.463 e. The Kier molecular flexibility index (Phi) is 5.66. The van der Waals surface area contributed by atoms with E-state index in [0.29, 0.717) is 6.54 Å². The quantitative estimate of drug-likeness (QED) is 0.591. The smallest absolute Gasteiger partial charge is 0.302 e. The molecule has 0 saturated heterocycles. The summed E-state index contributed by atoms with van der Waals surface area (Å²) in [6.07, 6.45) is -0.584. The topological polar surface area (TPSA) is 49.8 Å². The van der Waals surface area contributed by atoms with Crippen LogP contribution in [0.25, 0.3) is 0 Å². The van der Waals surface area contributed by atoms with Gasteiger partial charge >= 0.3 is 5.97 Å². The second-order valence-corrected chi connectivity index (χ2v) is 2.81. The first-order chi connectivity index (χ1) is 5.56. The number of carbonyl (C=O) groups excluding carboxylic acids is 1. The van der Waals surface area contributed by atoms with E-state index < -0.39 is 6.10 Å². The van der Waals surface area contributed by atoms with Gasteiger partial charge in [-0.05, 0) is 13.6 Å². The molecule has 0 aliphatic carbocycles. The molecule has 1 unspecified atom stereocenters. The number of hydrogen-bond donors (Lipinski definition) is 1. The van der Waals surface area contributed by atoms with Crippen molar-refractivity contribution < 1.29 is 14.6 Å². The summed E-state index contributed by atoms with van der Waals surface area (Å²) in [6.45, 7) is 4.81. The minimum Gasteiger partial charge on any atom is -0.463 e. The zero-order valence-corrected chi connectivity index (χ0v) is 7.91. The van der Waals surface area contributed by atoms with E-state index in [4.69, 9.17) is 0 Å². The van der Waals surface area contributed by atoms with Crippen LogP contribution < -0.4 is 0 Å². The molecule has 0 aromatic rings. The number of rotatable bonds is 5. The maximum atomic E-state index is 10.4. The highest BCUT2D eigenvalue weighted by Crippen LogP contribution is 1.90. The molecule has 12 heavy (non-hydrogen) atoms. The summed E-state index contributed by atoms with van der Waals surface area (Å²) in [4.78, 5) is 12.3. The minimum absolute atomic E-state index is 0.0830. The molecular weight excluding hydrogens is 158 g/mol. The number of likely N-dealkylation sites (N-methyl/N-ethyl adjacent to an activating group) is 1. The van der Waals surface area contributed by atoms with E-state index in [1.165, 1.54) is 6.92 Å². The maximum absolute atomic E-state index is 10.4. The van der Waals surface area contributed by atoms with Crippen LogP contribution in [0.2, 0.25) is 0 Å². The lowest BCUT2D eigenvalue weighted by molar-refractivity contribution is -0.144. The molecule has 0 radical (unpaired) electrons. The third-order valence-corrected chi connectivity index (χ3v) is 1.54. The molecule has 4 nitrogen and oxygen atoms in total. The molecule has 4 heteroatoms. The van der Waals surface area contributed by atoms with Crippen LogP contribution in [0, 0.1) is 0 Å².